The number of hydrogen-bond donors (Lipinski definition) is 1. The van der Waals surface area contributed by atoms with E-state index in [1.165, 1.54) is 4.90 Å². The lowest BCUT2D eigenvalue weighted by Crippen LogP contribution is -2.45. The Morgan fingerprint density at radius 3 is 2.96 bits per heavy atom. The van der Waals surface area contributed by atoms with Crippen molar-refractivity contribution in [2.75, 3.05) is 13.2 Å². The molecule has 7 nitrogen and oxygen atoms in total. The van der Waals surface area contributed by atoms with Crippen molar-refractivity contribution in [1.82, 2.24) is 15.2 Å². The molecule has 7 heteroatoms. The monoisotopic (exact) mass is 350 g/mol. The third-order valence-electron chi connectivity index (χ3n) is 4.12. The molecule has 0 bridgehead atoms. The molecule has 1 aromatic heterocycles. The van der Waals surface area contributed by atoms with Crippen molar-refractivity contribution >= 4 is 12.0 Å². The Labute approximate surface area is 151 Å². The minimum absolute atomic E-state index is 0.0233. The van der Waals surface area contributed by atoms with Gasteiger partial charge in [-0.05, 0) is 35.7 Å². The van der Waals surface area contributed by atoms with Gasteiger partial charge in [-0.1, -0.05) is 18.2 Å². The van der Waals surface area contributed by atoms with E-state index in [2.05, 4.69) is 16.4 Å². The van der Waals surface area contributed by atoms with Gasteiger partial charge < -0.3 is 10.1 Å². The summed E-state index contributed by atoms with van der Waals surface area (Å²) in [7, 11) is 0. The first-order chi connectivity index (χ1) is 12.7. The maximum atomic E-state index is 12.5. The lowest BCUT2D eigenvalue weighted by molar-refractivity contribution is -0.124. The van der Waals surface area contributed by atoms with Crippen molar-refractivity contribution in [3.63, 3.8) is 0 Å². The second-order valence-corrected chi connectivity index (χ2v) is 5.94. The van der Waals surface area contributed by atoms with Crippen LogP contribution in [-0.4, -0.2) is 41.1 Å². The van der Waals surface area contributed by atoms with E-state index < -0.39 is 12.1 Å². The zero-order chi connectivity index (χ0) is 18.4. The Bertz CT molecular complexity index is 832. The molecule has 2 heterocycles. The standard InChI is InChI=1S/C19H18N4O3/c20-10-15-3-1-4-16(9-15)12-23-17(13-26-19(23)25)18(24)22-8-6-14-5-2-7-21-11-14/h1-5,7,9,11,17H,6,8,12-13H2,(H,22,24)/t17-/m0/s1. The maximum Gasteiger partial charge on any atom is 0.410 e. The summed E-state index contributed by atoms with van der Waals surface area (Å²) in [6.07, 6.45) is 3.58. The van der Waals surface area contributed by atoms with Crippen molar-refractivity contribution < 1.29 is 14.3 Å². The topological polar surface area (TPSA) is 95.3 Å². The molecule has 132 valence electrons. The van der Waals surface area contributed by atoms with E-state index in [0.717, 1.165) is 11.1 Å². The first-order valence-electron chi connectivity index (χ1n) is 8.26. The van der Waals surface area contributed by atoms with Gasteiger partial charge in [0.2, 0.25) is 5.91 Å². The predicted octanol–water partition coefficient (Wildman–Crippen LogP) is 1.63. The van der Waals surface area contributed by atoms with Crippen LogP contribution < -0.4 is 5.32 Å². The molecule has 0 radical (unpaired) electrons. The van der Waals surface area contributed by atoms with Gasteiger partial charge in [0.1, 0.15) is 12.6 Å². The maximum absolute atomic E-state index is 12.5. The normalized spacial score (nSPS) is 16.0. The number of amides is 2. The molecule has 2 amide bonds. The Morgan fingerprint density at radius 1 is 1.35 bits per heavy atom. The van der Waals surface area contributed by atoms with Gasteiger partial charge in [-0.15, -0.1) is 0 Å². The molecule has 1 aliphatic heterocycles. The molecule has 1 aliphatic rings. The molecule has 0 spiro atoms. The van der Waals surface area contributed by atoms with Crippen LogP contribution in [0.15, 0.2) is 48.8 Å². The molecule has 1 fully saturated rings. The van der Waals surface area contributed by atoms with Gasteiger partial charge in [-0.2, -0.15) is 5.26 Å². The van der Waals surface area contributed by atoms with Crippen molar-refractivity contribution in [1.29, 1.82) is 5.26 Å². The second-order valence-electron chi connectivity index (χ2n) is 5.94. The summed E-state index contributed by atoms with van der Waals surface area (Å²) in [6, 6.07) is 12.1. The van der Waals surface area contributed by atoms with Crippen LogP contribution in [0.3, 0.4) is 0 Å². The van der Waals surface area contributed by atoms with E-state index in [-0.39, 0.29) is 19.1 Å². The number of nitrogens with zero attached hydrogens (tertiary/aromatic N) is 3. The zero-order valence-corrected chi connectivity index (χ0v) is 14.1. The van der Waals surface area contributed by atoms with Crippen LogP contribution in [0, 0.1) is 11.3 Å². The van der Waals surface area contributed by atoms with Crippen LogP contribution in [0.25, 0.3) is 0 Å². The SMILES string of the molecule is N#Cc1cccc(CN2C(=O)OC[C@H]2C(=O)NCCc2cccnc2)c1. The van der Waals surface area contributed by atoms with Gasteiger partial charge in [0.05, 0.1) is 18.2 Å². The van der Waals surface area contributed by atoms with Crippen LogP contribution in [-0.2, 0) is 22.5 Å². The number of ether oxygens (including phenoxy) is 1. The third kappa shape index (κ3) is 4.16. The lowest BCUT2D eigenvalue weighted by atomic mass is 10.1. The highest BCUT2D eigenvalue weighted by molar-refractivity contribution is 5.87. The molecule has 1 aromatic carbocycles. The van der Waals surface area contributed by atoms with E-state index in [0.29, 0.717) is 18.5 Å². The molecule has 0 saturated carbocycles. The van der Waals surface area contributed by atoms with Crippen LogP contribution in [0.2, 0.25) is 0 Å². The van der Waals surface area contributed by atoms with Crippen LogP contribution in [0.4, 0.5) is 4.79 Å². The average molecular weight is 350 g/mol. The van der Waals surface area contributed by atoms with Crippen molar-refractivity contribution in [3.05, 3.63) is 65.5 Å². The molecule has 1 saturated heterocycles. The fourth-order valence-corrected chi connectivity index (χ4v) is 2.77. The van der Waals surface area contributed by atoms with E-state index >= 15 is 0 Å². The summed E-state index contributed by atoms with van der Waals surface area (Å²) in [5, 5.41) is 11.8. The highest BCUT2D eigenvalue weighted by atomic mass is 16.6. The number of carbonyl (C=O) groups excluding carboxylic acids is 2. The fraction of sp³-hybridized carbons (Fsp3) is 0.263. The average Bonchev–Trinajstić information content (AvgIpc) is 3.03. The molecular weight excluding hydrogens is 332 g/mol. The van der Waals surface area contributed by atoms with Gasteiger partial charge in [-0.3, -0.25) is 14.7 Å². The number of aromatic nitrogens is 1. The molecule has 3 rings (SSSR count). The van der Waals surface area contributed by atoms with Crippen molar-refractivity contribution in [2.45, 2.75) is 19.0 Å². The van der Waals surface area contributed by atoms with Crippen LogP contribution in [0.1, 0.15) is 16.7 Å². The summed E-state index contributed by atoms with van der Waals surface area (Å²) >= 11 is 0. The van der Waals surface area contributed by atoms with E-state index in [1.54, 1.807) is 30.6 Å². The minimum Gasteiger partial charge on any atom is -0.447 e. The summed E-state index contributed by atoms with van der Waals surface area (Å²) in [5.74, 6) is -0.254. The number of pyridine rings is 1. The zero-order valence-electron chi connectivity index (χ0n) is 14.1. The van der Waals surface area contributed by atoms with Gasteiger partial charge in [-0.25, -0.2) is 4.79 Å². The first kappa shape index (κ1) is 17.4. The number of cyclic esters (lactones) is 1. The number of rotatable bonds is 6. The number of benzene rings is 1. The van der Waals surface area contributed by atoms with Gasteiger partial charge in [0.25, 0.3) is 0 Å². The highest BCUT2D eigenvalue weighted by Crippen LogP contribution is 2.17. The molecule has 26 heavy (non-hydrogen) atoms. The number of nitriles is 1. The largest absolute Gasteiger partial charge is 0.447 e. The van der Waals surface area contributed by atoms with Crippen molar-refractivity contribution in [3.8, 4) is 6.07 Å². The number of nitrogens with one attached hydrogen (secondary N) is 1. The molecule has 0 unspecified atom stereocenters. The summed E-state index contributed by atoms with van der Waals surface area (Å²) in [4.78, 5) is 29.9. The Balaban J connectivity index is 1.59. The van der Waals surface area contributed by atoms with E-state index in [4.69, 9.17) is 10.00 Å². The van der Waals surface area contributed by atoms with E-state index in [9.17, 15) is 9.59 Å². The van der Waals surface area contributed by atoms with Gasteiger partial charge >= 0.3 is 6.09 Å². The highest BCUT2D eigenvalue weighted by Gasteiger charge is 2.37. The Kier molecular flexibility index (Phi) is 5.44. The van der Waals surface area contributed by atoms with Gasteiger partial charge in [0.15, 0.2) is 0 Å². The fourth-order valence-electron chi connectivity index (χ4n) is 2.77. The molecule has 2 aromatic rings. The quantitative estimate of drug-likeness (QED) is 0.854. The van der Waals surface area contributed by atoms with Crippen LogP contribution >= 0.6 is 0 Å². The van der Waals surface area contributed by atoms with E-state index in [1.807, 2.05) is 18.2 Å². The number of carbonyl (C=O) groups is 2. The predicted molar refractivity (Wildman–Crippen MR) is 92.8 cm³/mol. The molecule has 1 N–H and O–H groups in total. The summed E-state index contributed by atoms with van der Waals surface area (Å²) in [5.41, 5.74) is 2.31. The third-order valence-corrected chi connectivity index (χ3v) is 4.12. The molecular formula is C19H18N4O3. The lowest BCUT2D eigenvalue weighted by Gasteiger charge is -2.21. The smallest absolute Gasteiger partial charge is 0.410 e. The Hall–Kier alpha value is -3.40. The van der Waals surface area contributed by atoms with Crippen LogP contribution in [0.5, 0.6) is 0 Å². The minimum atomic E-state index is -0.679. The molecule has 0 aliphatic carbocycles. The number of hydrogen-bond acceptors (Lipinski definition) is 5. The van der Waals surface area contributed by atoms with Gasteiger partial charge in [0, 0.05) is 18.9 Å². The molecule has 1 atom stereocenters. The van der Waals surface area contributed by atoms with Crippen molar-refractivity contribution in [2.24, 2.45) is 0 Å². The summed E-state index contributed by atoms with van der Waals surface area (Å²) in [6.45, 7) is 0.692. The summed E-state index contributed by atoms with van der Waals surface area (Å²) < 4.78 is 5.04. The first-order valence-corrected chi connectivity index (χ1v) is 8.26. The Morgan fingerprint density at radius 2 is 2.19 bits per heavy atom. The second kappa shape index (κ2) is 8.12.